The molecule has 1 fully saturated rings. The van der Waals surface area contributed by atoms with Gasteiger partial charge in [-0.1, -0.05) is 55.6 Å². The van der Waals surface area contributed by atoms with Gasteiger partial charge in [0.15, 0.2) is 0 Å². The minimum absolute atomic E-state index is 0.0238. The molecule has 1 atom stereocenters. The quantitative estimate of drug-likeness (QED) is 0.139. The maximum absolute atomic E-state index is 13.7. The van der Waals surface area contributed by atoms with Gasteiger partial charge in [0.2, 0.25) is 0 Å². The van der Waals surface area contributed by atoms with E-state index >= 15 is 0 Å². The summed E-state index contributed by atoms with van der Waals surface area (Å²) in [6.07, 6.45) is 3.62. The summed E-state index contributed by atoms with van der Waals surface area (Å²) in [4.78, 5) is 27.7. The number of amides is 1. The molecule has 0 bridgehead atoms. The first-order valence-electron chi connectivity index (χ1n) is 12.4. The van der Waals surface area contributed by atoms with Crippen molar-refractivity contribution in [1.29, 1.82) is 0 Å². The topological polar surface area (TPSA) is 66.8 Å². The summed E-state index contributed by atoms with van der Waals surface area (Å²) in [6.45, 7) is 2.95. The molecule has 1 N–H and O–H groups in total. The molecule has 1 heterocycles. The number of benzene rings is 3. The third kappa shape index (κ3) is 6.20. The smallest absolute Gasteiger partial charge is 0.295 e. The van der Waals surface area contributed by atoms with Gasteiger partial charge in [-0.05, 0) is 72.5 Å². The van der Waals surface area contributed by atoms with E-state index in [9.17, 15) is 19.1 Å². The van der Waals surface area contributed by atoms with Crippen LogP contribution in [-0.4, -0.2) is 34.8 Å². The normalized spacial score (nSPS) is 16.8. The highest BCUT2D eigenvalue weighted by molar-refractivity contribution is 6.46. The highest BCUT2D eigenvalue weighted by atomic mass is 35.5. The molecule has 1 unspecified atom stereocenters. The Morgan fingerprint density at radius 1 is 0.973 bits per heavy atom. The van der Waals surface area contributed by atoms with Crippen LogP contribution in [0, 0.1) is 5.82 Å². The fourth-order valence-corrected chi connectivity index (χ4v) is 4.54. The van der Waals surface area contributed by atoms with E-state index in [-0.39, 0.29) is 17.9 Å². The predicted molar refractivity (Wildman–Crippen MR) is 142 cm³/mol. The maximum atomic E-state index is 13.7. The third-order valence-electron chi connectivity index (χ3n) is 6.42. The van der Waals surface area contributed by atoms with Gasteiger partial charge < -0.3 is 14.7 Å². The average molecular weight is 522 g/mol. The molecule has 192 valence electrons. The van der Waals surface area contributed by atoms with Gasteiger partial charge in [0.05, 0.1) is 18.2 Å². The minimum atomic E-state index is -0.849. The number of likely N-dealkylation sites (tertiary alicyclic amines) is 1. The number of hydrogen-bond donors (Lipinski definition) is 1. The first-order valence-corrected chi connectivity index (χ1v) is 12.8. The molecule has 5 nitrogen and oxygen atoms in total. The Bertz CT molecular complexity index is 1270. The summed E-state index contributed by atoms with van der Waals surface area (Å²) in [6, 6.07) is 18.8. The molecule has 0 spiro atoms. The van der Waals surface area contributed by atoms with E-state index in [1.54, 1.807) is 36.4 Å². The number of hydrogen-bond acceptors (Lipinski definition) is 4. The number of aliphatic hydroxyl groups excluding tert-OH is 1. The van der Waals surface area contributed by atoms with Gasteiger partial charge in [-0.3, -0.25) is 9.59 Å². The predicted octanol–water partition coefficient (Wildman–Crippen LogP) is 6.71. The monoisotopic (exact) mass is 521 g/mol. The second-order valence-electron chi connectivity index (χ2n) is 9.00. The number of ketones is 1. The fourth-order valence-electron chi connectivity index (χ4n) is 4.41. The number of carbonyl (C=O) groups is 2. The zero-order valence-corrected chi connectivity index (χ0v) is 21.4. The summed E-state index contributed by atoms with van der Waals surface area (Å²) in [7, 11) is 0. The van der Waals surface area contributed by atoms with Gasteiger partial charge in [0, 0.05) is 17.1 Å². The molecule has 3 aromatic carbocycles. The number of unbranched alkanes of at least 4 members (excludes halogenated alkanes) is 2. The molecule has 1 amide bonds. The van der Waals surface area contributed by atoms with Crippen molar-refractivity contribution in [1.82, 2.24) is 4.90 Å². The van der Waals surface area contributed by atoms with Crippen LogP contribution in [0.4, 0.5) is 4.39 Å². The van der Waals surface area contributed by atoms with Gasteiger partial charge in [-0.15, -0.1) is 0 Å². The lowest BCUT2D eigenvalue weighted by molar-refractivity contribution is -0.139. The Balaban J connectivity index is 1.65. The Morgan fingerprint density at radius 3 is 2.30 bits per heavy atom. The molecule has 37 heavy (non-hydrogen) atoms. The van der Waals surface area contributed by atoms with Crippen molar-refractivity contribution in [3.63, 3.8) is 0 Å². The molecule has 1 aliphatic rings. The van der Waals surface area contributed by atoms with Crippen molar-refractivity contribution < 1.29 is 23.8 Å². The Labute approximate surface area is 221 Å². The second kappa shape index (κ2) is 12.1. The molecule has 4 rings (SSSR count). The van der Waals surface area contributed by atoms with Crippen LogP contribution in [0.1, 0.15) is 48.9 Å². The zero-order valence-electron chi connectivity index (χ0n) is 20.6. The van der Waals surface area contributed by atoms with Gasteiger partial charge >= 0.3 is 0 Å². The lowest BCUT2D eigenvalue weighted by Crippen LogP contribution is -2.31. The first-order chi connectivity index (χ1) is 17.9. The average Bonchev–Trinajstić information content (AvgIpc) is 3.16. The number of carbonyl (C=O) groups excluding carboxylic acids is 2. The van der Waals surface area contributed by atoms with E-state index in [1.807, 2.05) is 12.1 Å². The van der Waals surface area contributed by atoms with Crippen LogP contribution in [0.5, 0.6) is 5.75 Å². The standard InChI is InChI=1S/C30H29ClFNO4/c1-2-3-4-19-37-25-15-9-22(10-16-25)28(34)26-27(21-7-13-24(32)14-8-21)33(30(36)29(26)35)18-17-20-5-11-23(31)12-6-20/h5-16,27,34H,2-4,17-19H2,1H3/b28-26-. The van der Waals surface area contributed by atoms with E-state index in [2.05, 4.69) is 6.92 Å². The highest BCUT2D eigenvalue weighted by Crippen LogP contribution is 2.39. The van der Waals surface area contributed by atoms with E-state index in [1.165, 1.54) is 29.2 Å². The molecule has 1 saturated heterocycles. The largest absolute Gasteiger partial charge is 0.507 e. The van der Waals surface area contributed by atoms with Crippen molar-refractivity contribution in [2.24, 2.45) is 0 Å². The van der Waals surface area contributed by atoms with E-state index in [0.29, 0.717) is 34.9 Å². The van der Waals surface area contributed by atoms with Crippen molar-refractivity contribution in [3.8, 4) is 5.75 Å². The molecule has 0 saturated carbocycles. The van der Waals surface area contributed by atoms with Crippen molar-refractivity contribution >= 4 is 29.1 Å². The van der Waals surface area contributed by atoms with E-state index in [0.717, 1.165) is 24.8 Å². The minimum Gasteiger partial charge on any atom is -0.507 e. The number of ether oxygens (including phenoxy) is 1. The highest BCUT2D eigenvalue weighted by Gasteiger charge is 2.45. The first kappa shape index (κ1) is 26.4. The van der Waals surface area contributed by atoms with Gasteiger partial charge in [0.1, 0.15) is 17.3 Å². The molecule has 0 aromatic heterocycles. The van der Waals surface area contributed by atoms with Crippen LogP contribution in [0.15, 0.2) is 78.4 Å². The number of rotatable bonds is 10. The lowest BCUT2D eigenvalue weighted by Gasteiger charge is -2.25. The molecule has 0 radical (unpaired) electrons. The fraction of sp³-hybridized carbons (Fsp3) is 0.267. The van der Waals surface area contributed by atoms with Crippen LogP contribution in [0.25, 0.3) is 5.76 Å². The Hall–Kier alpha value is -3.64. The Morgan fingerprint density at radius 2 is 1.65 bits per heavy atom. The lowest BCUT2D eigenvalue weighted by atomic mass is 9.95. The third-order valence-corrected chi connectivity index (χ3v) is 6.68. The summed E-state index contributed by atoms with van der Waals surface area (Å²) in [5.41, 5.74) is 1.85. The summed E-state index contributed by atoms with van der Waals surface area (Å²) >= 11 is 5.98. The van der Waals surface area contributed by atoms with Crippen molar-refractivity contribution in [3.05, 3.63) is 106 Å². The second-order valence-corrected chi connectivity index (χ2v) is 9.44. The van der Waals surface area contributed by atoms with Crippen LogP contribution in [-0.2, 0) is 16.0 Å². The van der Waals surface area contributed by atoms with Crippen LogP contribution >= 0.6 is 11.6 Å². The molecule has 7 heteroatoms. The number of Topliss-reactive ketones (excluding diaryl/α,β-unsaturated/α-hetero) is 1. The summed E-state index contributed by atoms with van der Waals surface area (Å²) in [5, 5.41) is 11.8. The van der Waals surface area contributed by atoms with Gasteiger partial charge in [-0.2, -0.15) is 0 Å². The van der Waals surface area contributed by atoms with Gasteiger partial charge in [-0.25, -0.2) is 4.39 Å². The molecule has 1 aliphatic heterocycles. The number of nitrogens with zero attached hydrogens (tertiary/aromatic N) is 1. The zero-order chi connectivity index (χ0) is 26.4. The maximum Gasteiger partial charge on any atom is 0.295 e. The van der Waals surface area contributed by atoms with Crippen LogP contribution in [0.3, 0.4) is 0 Å². The van der Waals surface area contributed by atoms with E-state index < -0.39 is 23.5 Å². The number of aliphatic hydroxyl groups is 1. The summed E-state index contributed by atoms with van der Waals surface area (Å²) < 4.78 is 19.4. The molecule has 3 aromatic rings. The summed E-state index contributed by atoms with van der Waals surface area (Å²) in [5.74, 6) is -1.54. The van der Waals surface area contributed by atoms with Gasteiger partial charge in [0.25, 0.3) is 11.7 Å². The number of halogens is 2. The van der Waals surface area contributed by atoms with Crippen molar-refractivity contribution in [2.75, 3.05) is 13.2 Å². The molecular weight excluding hydrogens is 493 g/mol. The van der Waals surface area contributed by atoms with Crippen LogP contribution in [0.2, 0.25) is 5.02 Å². The molecular formula is C30H29ClFNO4. The van der Waals surface area contributed by atoms with Crippen LogP contribution < -0.4 is 4.74 Å². The van der Waals surface area contributed by atoms with Crippen molar-refractivity contribution in [2.45, 2.75) is 38.6 Å². The SMILES string of the molecule is CCCCCOc1ccc(/C(O)=C2/C(=O)C(=O)N(CCc3ccc(Cl)cc3)C2c2ccc(F)cc2)cc1. The Kier molecular flexibility index (Phi) is 8.62. The molecule has 0 aliphatic carbocycles. The van der Waals surface area contributed by atoms with E-state index in [4.69, 9.17) is 16.3 Å².